The van der Waals surface area contributed by atoms with E-state index in [0.29, 0.717) is 0 Å². The first-order chi connectivity index (χ1) is 9.03. The zero-order valence-electron chi connectivity index (χ0n) is 12.3. The number of likely N-dealkylation sites (tertiary alicyclic amines) is 1. The lowest BCUT2D eigenvalue weighted by Gasteiger charge is -2.21. The highest BCUT2D eigenvalue weighted by molar-refractivity contribution is 7.89. The molecule has 114 valence electrons. The van der Waals surface area contributed by atoms with Crippen molar-refractivity contribution in [2.45, 2.75) is 45.6 Å². The summed E-state index contributed by atoms with van der Waals surface area (Å²) in [6.07, 6.45) is 4.11. The second-order valence-corrected chi connectivity index (χ2v) is 7.28. The molecule has 0 saturated carbocycles. The number of unbranched alkanes of at least 4 members (excludes halogenated alkanes) is 1. The van der Waals surface area contributed by atoms with E-state index in [2.05, 4.69) is 21.9 Å². The molecule has 1 saturated heterocycles. The molecule has 0 bridgehead atoms. The molecule has 0 aliphatic carbocycles. The van der Waals surface area contributed by atoms with Crippen LogP contribution in [0.15, 0.2) is 0 Å². The van der Waals surface area contributed by atoms with Gasteiger partial charge in [-0.05, 0) is 58.8 Å². The van der Waals surface area contributed by atoms with Gasteiger partial charge in [0.05, 0.1) is 5.75 Å². The molecular formula is C13H29N3O2S. The molecule has 0 aromatic heterocycles. The highest BCUT2D eigenvalue weighted by atomic mass is 32.2. The van der Waals surface area contributed by atoms with E-state index in [1.54, 1.807) is 0 Å². The Morgan fingerprint density at radius 3 is 2.53 bits per heavy atom. The van der Waals surface area contributed by atoms with Gasteiger partial charge in [0.25, 0.3) is 0 Å². The molecule has 1 heterocycles. The first-order valence-electron chi connectivity index (χ1n) is 7.46. The van der Waals surface area contributed by atoms with Gasteiger partial charge in [-0.1, -0.05) is 6.92 Å². The topological polar surface area (TPSA) is 61.4 Å². The average Bonchev–Trinajstić information content (AvgIpc) is 2.80. The smallest absolute Gasteiger partial charge is 0.211 e. The van der Waals surface area contributed by atoms with E-state index < -0.39 is 10.0 Å². The van der Waals surface area contributed by atoms with Crippen LogP contribution in [0.5, 0.6) is 0 Å². The lowest BCUT2D eigenvalue weighted by atomic mass is 10.3. The van der Waals surface area contributed by atoms with Crippen LogP contribution in [0, 0.1) is 0 Å². The zero-order valence-corrected chi connectivity index (χ0v) is 13.1. The van der Waals surface area contributed by atoms with Crippen LogP contribution in [0.3, 0.4) is 0 Å². The SMILES string of the molecule is CCNCCCCS(=O)(=O)NC(C)CN1CCCC1. The van der Waals surface area contributed by atoms with Crippen LogP contribution in [0.25, 0.3) is 0 Å². The Morgan fingerprint density at radius 1 is 1.21 bits per heavy atom. The van der Waals surface area contributed by atoms with Gasteiger partial charge in [-0.2, -0.15) is 0 Å². The zero-order chi connectivity index (χ0) is 14.1. The molecule has 19 heavy (non-hydrogen) atoms. The normalized spacial score (nSPS) is 18.8. The molecule has 0 amide bonds. The van der Waals surface area contributed by atoms with Gasteiger partial charge in [0.15, 0.2) is 0 Å². The van der Waals surface area contributed by atoms with Crippen LogP contribution in [-0.4, -0.2) is 57.8 Å². The third-order valence-corrected chi connectivity index (χ3v) is 4.97. The summed E-state index contributed by atoms with van der Waals surface area (Å²) in [4.78, 5) is 2.33. The van der Waals surface area contributed by atoms with Crippen molar-refractivity contribution in [3.8, 4) is 0 Å². The summed E-state index contributed by atoms with van der Waals surface area (Å²) >= 11 is 0. The molecule has 0 spiro atoms. The van der Waals surface area contributed by atoms with Gasteiger partial charge < -0.3 is 10.2 Å². The van der Waals surface area contributed by atoms with Crippen molar-refractivity contribution in [1.29, 1.82) is 0 Å². The minimum Gasteiger partial charge on any atom is -0.317 e. The number of hydrogen-bond acceptors (Lipinski definition) is 4. The van der Waals surface area contributed by atoms with Crippen molar-refractivity contribution in [3.63, 3.8) is 0 Å². The fraction of sp³-hybridized carbons (Fsp3) is 1.00. The highest BCUT2D eigenvalue weighted by Crippen LogP contribution is 2.08. The van der Waals surface area contributed by atoms with Crippen molar-refractivity contribution in [2.24, 2.45) is 0 Å². The summed E-state index contributed by atoms with van der Waals surface area (Å²) in [6, 6.07) is 0.0110. The van der Waals surface area contributed by atoms with Crippen LogP contribution >= 0.6 is 0 Å². The summed E-state index contributed by atoms with van der Waals surface area (Å²) in [5, 5.41) is 3.20. The molecule has 0 aromatic rings. The van der Waals surface area contributed by atoms with Gasteiger partial charge in [0.2, 0.25) is 10.0 Å². The Morgan fingerprint density at radius 2 is 1.89 bits per heavy atom. The van der Waals surface area contributed by atoms with Crippen LogP contribution in [0.2, 0.25) is 0 Å². The molecule has 1 aliphatic rings. The molecule has 1 atom stereocenters. The fourth-order valence-corrected chi connectivity index (χ4v) is 3.86. The lowest BCUT2D eigenvalue weighted by Crippen LogP contribution is -2.42. The summed E-state index contributed by atoms with van der Waals surface area (Å²) < 4.78 is 26.6. The molecule has 1 fully saturated rings. The maximum absolute atomic E-state index is 11.9. The van der Waals surface area contributed by atoms with Gasteiger partial charge in [-0.3, -0.25) is 0 Å². The van der Waals surface area contributed by atoms with E-state index in [0.717, 1.165) is 45.6 Å². The van der Waals surface area contributed by atoms with Crippen LogP contribution < -0.4 is 10.0 Å². The maximum Gasteiger partial charge on any atom is 0.211 e. The molecule has 1 rings (SSSR count). The van der Waals surface area contributed by atoms with E-state index in [9.17, 15) is 8.42 Å². The molecular weight excluding hydrogens is 262 g/mol. The standard InChI is InChI=1S/C13H29N3O2S/c1-3-14-8-4-7-11-19(17,18)15-13(2)12-16-9-5-6-10-16/h13-15H,3-12H2,1-2H3. The number of nitrogens with zero attached hydrogens (tertiary/aromatic N) is 1. The lowest BCUT2D eigenvalue weighted by molar-refractivity contribution is 0.312. The molecule has 5 nitrogen and oxygen atoms in total. The van der Waals surface area contributed by atoms with E-state index in [1.807, 2.05) is 6.92 Å². The van der Waals surface area contributed by atoms with Gasteiger partial charge in [0.1, 0.15) is 0 Å². The van der Waals surface area contributed by atoms with Crippen LogP contribution in [-0.2, 0) is 10.0 Å². The molecule has 1 unspecified atom stereocenters. The predicted octanol–water partition coefficient (Wildman–Crippen LogP) is 0.780. The largest absolute Gasteiger partial charge is 0.317 e. The van der Waals surface area contributed by atoms with Gasteiger partial charge >= 0.3 is 0 Å². The Kier molecular flexibility index (Phi) is 7.90. The van der Waals surface area contributed by atoms with Crippen molar-refractivity contribution in [1.82, 2.24) is 14.9 Å². The molecule has 6 heteroatoms. The average molecular weight is 291 g/mol. The van der Waals surface area contributed by atoms with E-state index in [-0.39, 0.29) is 11.8 Å². The quantitative estimate of drug-likeness (QED) is 0.584. The monoisotopic (exact) mass is 291 g/mol. The first kappa shape index (κ1) is 16.9. The number of rotatable bonds is 10. The van der Waals surface area contributed by atoms with Crippen molar-refractivity contribution >= 4 is 10.0 Å². The van der Waals surface area contributed by atoms with Crippen molar-refractivity contribution < 1.29 is 8.42 Å². The van der Waals surface area contributed by atoms with Gasteiger partial charge in [-0.25, -0.2) is 13.1 Å². The second kappa shape index (κ2) is 8.89. The molecule has 2 N–H and O–H groups in total. The Bertz CT molecular complexity index is 327. The third-order valence-electron chi connectivity index (χ3n) is 3.38. The van der Waals surface area contributed by atoms with E-state index in [1.165, 1.54) is 12.8 Å². The highest BCUT2D eigenvalue weighted by Gasteiger charge is 2.18. The van der Waals surface area contributed by atoms with Crippen LogP contribution in [0.4, 0.5) is 0 Å². The summed E-state index contributed by atoms with van der Waals surface area (Å²) in [6.45, 7) is 8.89. The van der Waals surface area contributed by atoms with Gasteiger partial charge in [-0.15, -0.1) is 0 Å². The van der Waals surface area contributed by atoms with E-state index >= 15 is 0 Å². The summed E-state index contributed by atoms with van der Waals surface area (Å²) in [7, 11) is -3.11. The van der Waals surface area contributed by atoms with Gasteiger partial charge in [0, 0.05) is 12.6 Å². The predicted molar refractivity (Wildman–Crippen MR) is 79.8 cm³/mol. The Balaban J connectivity index is 2.17. The number of sulfonamides is 1. The summed E-state index contributed by atoms with van der Waals surface area (Å²) in [5.41, 5.74) is 0. The minimum atomic E-state index is -3.11. The second-order valence-electron chi connectivity index (χ2n) is 5.41. The molecule has 0 radical (unpaired) electrons. The van der Waals surface area contributed by atoms with E-state index in [4.69, 9.17) is 0 Å². The van der Waals surface area contributed by atoms with Crippen LogP contribution in [0.1, 0.15) is 39.5 Å². The fourth-order valence-electron chi connectivity index (χ4n) is 2.47. The Labute approximate surface area is 118 Å². The maximum atomic E-state index is 11.9. The Hall–Kier alpha value is -0.170. The first-order valence-corrected chi connectivity index (χ1v) is 9.12. The van der Waals surface area contributed by atoms with Crippen molar-refractivity contribution in [2.75, 3.05) is 38.5 Å². The number of nitrogens with one attached hydrogen (secondary N) is 2. The number of hydrogen-bond donors (Lipinski definition) is 2. The summed E-state index contributed by atoms with van der Waals surface area (Å²) in [5.74, 6) is 0.239. The minimum absolute atomic E-state index is 0.0110. The molecule has 1 aliphatic heterocycles. The van der Waals surface area contributed by atoms with Crippen molar-refractivity contribution in [3.05, 3.63) is 0 Å². The third kappa shape index (κ3) is 7.87. The molecule has 0 aromatic carbocycles.